The molecule has 32 heavy (non-hydrogen) atoms. The van der Waals surface area contributed by atoms with E-state index in [1.165, 1.54) is 33.5 Å². The average Bonchev–Trinajstić information content (AvgIpc) is 2.81. The molecule has 0 bridgehead atoms. The molecule has 2 aromatic carbocycles. The van der Waals surface area contributed by atoms with Gasteiger partial charge in [-0.25, -0.2) is 8.42 Å². The summed E-state index contributed by atoms with van der Waals surface area (Å²) in [5, 5.41) is 2.94. The molecule has 3 rings (SSSR count). The first-order valence-corrected chi connectivity index (χ1v) is 12.4. The molecule has 1 saturated carbocycles. The molecular formula is C24H32N2O5S. The van der Waals surface area contributed by atoms with Crippen molar-refractivity contribution >= 4 is 21.6 Å². The third kappa shape index (κ3) is 5.73. The number of nitrogens with one attached hydrogen (secondary N) is 1. The monoisotopic (exact) mass is 460 g/mol. The number of aryl methyl sites for hydroxylation is 1. The van der Waals surface area contributed by atoms with Gasteiger partial charge in [-0.2, -0.15) is 0 Å². The van der Waals surface area contributed by atoms with Crippen LogP contribution in [-0.2, 0) is 14.8 Å². The molecule has 1 aliphatic carbocycles. The molecule has 1 N–H and O–H groups in total. The maximum Gasteiger partial charge on any atom is 0.264 e. The number of benzene rings is 2. The Balaban J connectivity index is 1.88. The number of hydrogen-bond acceptors (Lipinski definition) is 5. The van der Waals surface area contributed by atoms with Gasteiger partial charge >= 0.3 is 0 Å². The Kier molecular flexibility index (Phi) is 8.01. The van der Waals surface area contributed by atoms with Crippen molar-refractivity contribution in [3.05, 3.63) is 48.0 Å². The molecular weight excluding hydrogens is 428 g/mol. The van der Waals surface area contributed by atoms with Gasteiger partial charge in [0.25, 0.3) is 10.0 Å². The zero-order valence-corrected chi connectivity index (χ0v) is 19.8. The second kappa shape index (κ2) is 10.7. The van der Waals surface area contributed by atoms with Crippen LogP contribution in [0.4, 0.5) is 5.69 Å². The van der Waals surface area contributed by atoms with Crippen LogP contribution < -0.4 is 19.1 Å². The Morgan fingerprint density at radius 2 is 1.66 bits per heavy atom. The van der Waals surface area contributed by atoms with Crippen molar-refractivity contribution in [2.75, 3.05) is 31.6 Å². The molecule has 1 fully saturated rings. The fraction of sp³-hybridized carbons (Fsp3) is 0.458. The van der Waals surface area contributed by atoms with E-state index in [4.69, 9.17) is 9.47 Å². The lowest BCUT2D eigenvalue weighted by Crippen LogP contribution is -2.42. The third-order valence-electron chi connectivity index (χ3n) is 5.86. The minimum absolute atomic E-state index is 0.123. The van der Waals surface area contributed by atoms with E-state index in [1.807, 2.05) is 6.92 Å². The fourth-order valence-corrected chi connectivity index (χ4v) is 5.38. The van der Waals surface area contributed by atoms with Crippen LogP contribution in [0.5, 0.6) is 11.5 Å². The van der Waals surface area contributed by atoms with E-state index < -0.39 is 10.0 Å². The first kappa shape index (κ1) is 23.9. The van der Waals surface area contributed by atoms with Gasteiger partial charge in [-0.3, -0.25) is 9.10 Å². The molecule has 0 atom stereocenters. The Bertz CT molecular complexity index is 1020. The molecule has 0 spiro atoms. The van der Waals surface area contributed by atoms with Gasteiger partial charge in [0.05, 0.1) is 24.8 Å². The normalized spacial score (nSPS) is 14.6. The number of carbonyl (C=O) groups is 1. The molecule has 0 radical (unpaired) electrons. The second-order valence-electron chi connectivity index (χ2n) is 8.17. The van der Waals surface area contributed by atoms with E-state index >= 15 is 0 Å². The van der Waals surface area contributed by atoms with Crippen molar-refractivity contribution in [3.63, 3.8) is 0 Å². The SMILES string of the molecule is COc1ccc(N(CC(=O)NCC2CCCCC2)S(=O)(=O)c2ccc(C)cc2)cc1OC. The summed E-state index contributed by atoms with van der Waals surface area (Å²) < 4.78 is 38.8. The van der Waals surface area contributed by atoms with E-state index in [9.17, 15) is 13.2 Å². The number of ether oxygens (including phenoxy) is 2. The van der Waals surface area contributed by atoms with Crippen LogP contribution in [0, 0.1) is 12.8 Å². The molecule has 1 aliphatic rings. The molecule has 0 unspecified atom stereocenters. The Hall–Kier alpha value is -2.74. The van der Waals surface area contributed by atoms with Crippen LogP contribution in [0.15, 0.2) is 47.4 Å². The van der Waals surface area contributed by atoms with Gasteiger partial charge in [-0.15, -0.1) is 0 Å². The lowest BCUT2D eigenvalue weighted by Gasteiger charge is -2.26. The highest BCUT2D eigenvalue weighted by Crippen LogP contribution is 2.33. The average molecular weight is 461 g/mol. The standard InChI is InChI=1S/C24H32N2O5S/c1-18-9-12-21(13-10-18)32(28,29)26(20-11-14-22(30-2)23(15-20)31-3)17-24(27)25-16-19-7-5-4-6-8-19/h9-15,19H,4-8,16-17H2,1-3H3,(H,25,27). The highest BCUT2D eigenvalue weighted by atomic mass is 32.2. The minimum Gasteiger partial charge on any atom is -0.493 e. The minimum atomic E-state index is -3.98. The first-order chi connectivity index (χ1) is 15.3. The van der Waals surface area contributed by atoms with Crippen molar-refractivity contribution < 1.29 is 22.7 Å². The molecule has 0 saturated heterocycles. The quantitative estimate of drug-likeness (QED) is 0.613. The van der Waals surface area contributed by atoms with E-state index in [0.29, 0.717) is 29.6 Å². The van der Waals surface area contributed by atoms with Gasteiger partial charge < -0.3 is 14.8 Å². The summed E-state index contributed by atoms with van der Waals surface area (Å²) in [5.74, 6) is 0.986. The zero-order chi connectivity index (χ0) is 23.1. The first-order valence-electron chi connectivity index (χ1n) is 10.9. The lowest BCUT2D eigenvalue weighted by atomic mass is 9.89. The van der Waals surface area contributed by atoms with E-state index in [-0.39, 0.29) is 17.3 Å². The van der Waals surface area contributed by atoms with Crippen LogP contribution in [0.3, 0.4) is 0 Å². The highest BCUT2D eigenvalue weighted by molar-refractivity contribution is 7.92. The molecule has 7 nitrogen and oxygen atoms in total. The summed E-state index contributed by atoms with van der Waals surface area (Å²) in [6.07, 6.45) is 5.80. The summed E-state index contributed by atoms with van der Waals surface area (Å²) >= 11 is 0. The molecule has 8 heteroatoms. The van der Waals surface area contributed by atoms with E-state index in [2.05, 4.69) is 5.32 Å². The van der Waals surface area contributed by atoms with Gasteiger partial charge in [-0.1, -0.05) is 37.0 Å². The number of amides is 1. The van der Waals surface area contributed by atoms with Gasteiger partial charge in [0.2, 0.25) is 5.91 Å². The number of anilines is 1. The molecule has 0 aliphatic heterocycles. The van der Waals surface area contributed by atoms with Gasteiger partial charge in [0.1, 0.15) is 6.54 Å². The molecule has 1 amide bonds. The smallest absolute Gasteiger partial charge is 0.264 e. The Morgan fingerprint density at radius 1 is 1.00 bits per heavy atom. The summed E-state index contributed by atoms with van der Waals surface area (Å²) in [7, 11) is -0.983. The van der Waals surface area contributed by atoms with Crippen molar-refractivity contribution in [2.24, 2.45) is 5.92 Å². The van der Waals surface area contributed by atoms with Crippen LogP contribution >= 0.6 is 0 Å². The molecule has 2 aromatic rings. The van der Waals surface area contributed by atoms with Gasteiger partial charge in [0, 0.05) is 12.6 Å². The number of nitrogens with zero attached hydrogens (tertiary/aromatic N) is 1. The van der Waals surface area contributed by atoms with Crippen LogP contribution in [-0.4, -0.2) is 41.6 Å². The predicted octanol–water partition coefficient (Wildman–Crippen LogP) is 3.90. The topological polar surface area (TPSA) is 84.9 Å². The number of methoxy groups -OCH3 is 2. The maximum atomic E-state index is 13.5. The second-order valence-corrected chi connectivity index (χ2v) is 10.0. The summed E-state index contributed by atoms with van der Waals surface area (Å²) in [6.45, 7) is 2.14. The summed E-state index contributed by atoms with van der Waals surface area (Å²) in [5.41, 5.74) is 1.28. The van der Waals surface area contributed by atoms with Crippen molar-refractivity contribution in [2.45, 2.75) is 43.9 Å². The Morgan fingerprint density at radius 3 is 2.28 bits per heavy atom. The number of sulfonamides is 1. The number of hydrogen-bond donors (Lipinski definition) is 1. The summed E-state index contributed by atoms with van der Waals surface area (Å²) in [6, 6.07) is 11.4. The number of rotatable bonds is 9. The van der Waals surface area contributed by atoms with E-state index in [0.717, 1.165) is 22.7 Å². The summed E-state index contributed by atoms with van der Waals surface area (Å²) in [4.78, 5) is 12.9. The van der Waals surface area contributed by atoms with E-state index in [1.54, 1.807) is 42.5 Å². The largest absolute Gasteiger partial charge is 0.493 e. The van der Waals surface area contributed by atoms with Gasteiger partial charge in [-0.05, 0) is 49.9 Å². The van der Waals surface area contributed by atoms with Crippen LogP contribution in [0.2, 0.25) is 0 Å². The van der Waals surface area contributed by atoms with Crippen LogP contribution in [0.25, 0.3) is 0 Å². The highest BCUT2D eigenvalue weighted by Gasteiger charge is 2.28. The molecule has 0 aromatic heterocycles. The predicted molar refractivity (Wildman–Crippen MR) is 125 cm³/mol. The fourth-order valence-electron chi connectivity index (χ4n) is 3.97. The molecule has 0 heterocycles. The van der Waals surface area contributed by atoms with Crippen molar-refractivity contribution in [1.82, 2.24) is 5.32 Å². The lowest BCUT2D eigenvalue weighted by molar-refractivity contribution is -0.119. The van der Waals surface area contributed by atoms with Crippen molar-refractivity contribution in [1.29, 1.82) is 0 Å². The van der Waals surface area contributed by atoms with Crippen molar-refractivity contribution in [3.8, 4) is 11.5 Å². The number of carbonyl (C=O) groups excluding carboxylic acids is 1. The van der Waals surface area contributed by atoms with Gasteiger partial charge in [0.15, 0.2) is 11.5 Å². The molecule has 174 valence electrons. The van der Waals surface area contributed by atoms with Crippen LogP contribution in [0.1, 0.15) is 37.7 Å². The maximum absolute atomic E-state index is 13.5. The zero-order valence-electron chi connectivity index (χ0n) is 19.0. The third-order valence-corrected chi connectivity index (χ3v) is 7.65. The Labute approximate surface area is 190 Å².